The minimum absolute atomic E-state index is 0.127. The van der Waals surface area contributed by atoms with Gasteiger partial charge in [0.2, 0.25) is 0 Å². The highest BCUT2D eigenvalue weighted by atomic mass is 15.4. The number of anilines is 1. The first-order valence-corrected chi connectivity index (χ1v) is 8.31. The van der Waals surface area contributed by atoms with Crippen molar-refractivity contribution in [3.8, 4) is 0 Å². The van der Waals surface area contributed by atoms with E-state index in [0.29, 0.717) is 5.96 Å². The van der Waals surface area contributed by atoms with Crippen molar-refractivity contribution in [2.24, 2.45) is 16.6 Å². The molecule has 3 nitrogen and oxygen atoms in total. The molecule has 1 aromatic rings. The Morgan fingerprint density at radius 3 is 2.95 bits per heavy atom. The fourth-order valence-electron chi connectivity index (χ4n) is 4.04. The molecule has 3 rings (SSSR count). The molecule has 1 saturated carbocycles. The minimum atomic E-state index is 0.127. The molecule has 1 aliphatic heterocycles. The molecule has 114 valence electrons. The third-order valence-corrected chi connectivity index (χ3v) is 5.35. The van der Waals surface area contributed by atoms with Gasteiger partial charge in [0, 0.05) is 5.69 Å². The summed E-state index contributed by atoms with van der Waals surface area (Å²) >= 11 is 0. The average Bonchev–Trinajstić information content (AvgIpc) is 2.67. The van der Waals surface area contributed by atoms with Gasteiger partial charge in [-0.25, -0.2) is 0 Å². The van der Waals surface area contributed by atoms with E-state index in [4.69, 9.17) is 5.73 Å². The Morgan fingerprint density at radius 1 is 1.33 bits per heavy atom. The maximum Gasteiger partial charge on any atom is 0.196 e. The normalized spacial score (nSPS) is 29.5. The fourth-order valence-corrected chi connectivity index (χ4v) is 4.04. The molecule has 0 bridgehead atoms. The Bertz CT molecular complexity index is 537. The van der Waals surface area contributed by atoms with E-state index >= 15 is 0 Å². The molecule has 0 saturated heterocycles. The lowest BCUT2D eigenvalue weighted by atomic mass is 9.88. The van der Waals surface area contributed by atoms with Crippen molar-refractivity contribution in [3.63, 3.8) is 0 Å². The molecule has 0 amide bonds. The first-order valence-electron chi connectivity index (χ1n) is 8.31. The molecule has 2 N–H and O–H groups in total. The summed E-state index contributed by atoms with van der Waals surface area (Å²) in [5.74, 6) is 1.58. The summed E-state index contributed by atoms with van der Waals surface area (Å²) in [6, 6.07) is 8.66. The monoisotopic (exact) mass is 285 g/mol. The summed E-state index contributed by atoms with van der Waals surface area (Å²) in [7, 11) is 0. The molecule has 21 heavy (non-hydrogen) atoms. The Morgan fingerprint density at radius 2 is 2.19 bits per heavy atom. The summed E-state index contributed by atoms with van der Waals surface area (Å²) in [5.41, 5.74) is 8.88. The lowest BCUT2D eigenvalue weighted by Gasteiger charge is -2.39. The van der Waals surface area contributed by atoms with Gasteiger partial charge in [-0.2, -0.15) is 0 Å². The zero-order valence-electron chi connectivity index (χ0n) is 13.3. The number of guanidine groups is 1. The highest BCUT2D eigenvalue weighted by Gasteiger charge is 2.43. The van der Waals surface area contributed by atoms with Crippen molar-refractivity contribution >= 4 is 11.6 Å². The molecule has 1 heterocycles. The summed E-state index contributed by atoms with van der Waals surface area (Å²) in [5, 5.41) is 0. The fraction of sp³-hybridized carbons (Fsp3) is 0.611. The van der Waals surface area contributed by atoms with Crippen molar-refractivity contribution in [2.45, 2.75) is 57.9 Å². The van der Waals surface area contributed by atoms with Gasteiger partial charge in [0.25, 0.3) is 0 Å². The lowest BCUT2D eigenvalue weighted by Crippen LogP contribution is -2.51. The SMILES string of the molecule is CCC1CCCC2(CC1)CN=C(N)N2c1cccc(C)c1. The van der Waals surface area contributed by atoms with Gasteiger partial charge in [0.1, 0.15) is 0 Å². The van der Waals surface area contributed by atoms with Crippen molar-refractivity contribution in [1.82, 2.24) is 0 Å². The van der Waals surface area contributed by atoms with Gasteiger partial charge in [-0.15, -0.1) is 0 Å². The van der Waals surface area contributed by atoms with Gasteiger partial charge in [0.05, 0.1) is 12.1 Å². The Labute approximate surface area is 128 Å². The highest BCUT2D eigenvalue weighted by molar-refractivity contribution is 5.98. The van der Waals surface area contributed by atoms with E-state index in [1.165, 1.54) is 49.8 Å². The van der Waals surface area contributed by atoms with Gasteiger partial charge >= 0.3 is 0 Å². The number of aryl methyl sites for hydroxylation is 1. The molecule has 1 fully saturated rings. The third-order valence-electron chi connectivity index (χ3n) is 5.35. The van der Waals surface area contributed by atoms with E-state index in [9.17, 15) is 0 Å². The van der Waals surface area contributed by atoms with Crippen LogP contribution in [0.4, 0.5) is 5.69 Å². The van der Waals surface area contributed by atoms with Crippen LogP contribution in [0.2, 0.25) is 0 Å². The molecular weight excluding hydrogens is 258 g/mol. The highest BCUT2D eigenvalue weighted by Crippen LogP contribution is 2.41. The van der Waals surface area contributed by atoms with Crippen LogP contribution in [-0.4, -0.2) is 18.0 Å². The Kier molecular flexibility index (Phi) is 3.92. The number of rotatable bonds is 2. The first-order chi connectivity index (χ1) is 10.1. The first kappa shape index (κ1) is 14.4. The number of aliphatic imine (C=N–C) groups is 1. The zero-order chi connectivity index (χ0) is 14.9. The van der Waals surface area contributed by atoms with E-state index in [0.717, 1.165) is 12.5 Å². The van der Waals surface area contributed by atoms with E-state index in [-0.39, 0.29) is 5.54 Å². The summed E-state index contributed by atoms with van der Waals surface area (Å²) in [6.45, 7) is 5.32. The smallest absolute Gasteiger partial charge is 0.196 e. The van der Waals surface area contributed by atoms with E-state index in [1.54, 1.807) is 0 Å². The molecule has 2 unspecified atom stereocenters. The Hall–Kier alpha value is -1.51. The molecule has 1 aromatic carbocycles. The third kappa shape index (κ3) is 2.66. The second kappa shape index (κ2) is 5.70. The lowest BCUT2D eigenvalue weighted by molar-refractivity contribution is 0.384. The van der Waals surface area contributed by atoms with Gasteiger partial charge in [0.15, 0.2) is 5.96 Å². The van der Waals surface area contributed by atoms with Gasteiger partial charge in [-0.3, -0.25) is 4.99 Å². The molecular formula is C18H27N3. The molecule has 0 radical (unpaired) electrons. The predicted molar refractivity (Wildman–Crippen MR) is 89.7 cm³/mol. The van der Waals surface area contributed by atoms with Crippen LogP contribution in [0.25, 0.3) is 0 Å². The van der Waals surface area contributed by atoms with Crippen LogP contribution in [0, 0.1) is 12.8 Å². The van der Waals surface area contributed by atoms with Crippen molar-refractivity contribution in [3.05, 3.63) is 29.8 Å². The van der Waals surface area contributed by atoms with Gasteiger partial charge < -0.3 is 10.6 Å². The molecule has 1 spiro atoms. The summed E-state index contributed by atoms with van der Waals surface area (Å²) in [4.78, 5) is 6.94. The second-order valence-corrected chi connectivity index (χ2v) is 6.78. The largest absolute Gasteiger partial charge is 0.369 e. The van der Waals surface area contributed by atoms with Gasteiger partial charge in [-0.05, 0) is 49.8 Å². The maximum atomic E-state index is 6.26. The topological polar surface area (TPSA) is 41.6 Å². The van der Waals surface area contributed by atoms with Crippen molar-refractivity contribution < 1.29 is 0 Å². The van der Waals surface area contributed by atoms with E-state index in [1.807, 2.05) is 0 Å². The number of hydrogen-bond donors (Lipinski definition) is 1. The van der Waals surface area contributed by atoms with E-state index < -0.39 is 0 Å². The van der Waals surface area contributed by atoms with Crippen LogP contribution in [-0.2, 0) is 0 Å². The van der Waals surface area contributed by atoms with Crippen LogP contribution < -0.4 is 10.6 Å². The number of nitrogens with two attached hydrogens (primary N) is 1. The Balaban J connectivity index is 1.91. The van der Waals surface area contributed by atoms with Crippen LogP contribution in [0.15, 0.2) is 29.3 Å². The van der Waals surface area contributed by atoms with Gasteiger partial charge in [-0.1, -0.05) is 38.3 Å². The average molecular weight is 285 g/mol. The van der Waals surface area contributed by atoms with Crippen LogP contribution in [0.3, 0.4) is 0 Å². The maximum absolute atomic E-state index is 6.26. The summed E-state index contributed by atoms with van der Waals surface area (Å²) in [6.07, 6.45) is 7.69. The molecule has 3 heteroatoms. The number of hydrogen-bond acceptors (Lipinski definition) is 3. The predicted octanol–water partition coefficient (Wildman–Crippen LogP) is 3.86. The summed E-state index contributed by atoms with van der Waals surface area (Å²) < 4.78 is 0. The van der Waals surface area contributed by atoms with E-state index in [2.05, 4.69) is 48.0 Å². The quantitative estimate of drug-likeness (QED) is 0.896. The molecule has 0 aromatic heterocycles. The molecule has 1 aliphatic carbocycles. The molecule has 2 aliphatic rings. The van der Waals surface area contributed by atoms with Crippen LogP contribution in [0.5, 0.6) is 0 Å². The number of benzene rings is 1. The van der Waals surface area contributed by atoms with Crippen LogP contribution >= 0.6 is 0 Å². The molecule has 2 atom stereocenters. The van der Waals surface area contributed by atoms with Crippen LogP contribution in [0.1, 0.15) is 51.0 Å². The van der Waals surface area contributed by atoms with Crippen molar-refractivity contribution in [1.29, 1.82) is 0 Å². The number of nitrogens with zero attached hydrogens (tertiary/aromatic N) is 2. The second-order valence-electron chi connectivity index (χ2n) is 6.78. The zero-order valence-corrected chi connectivity index (χ0v) is 13.3. The van der Waals surface area contributed by atoms with Crippen molar-refractivity contribution in [2.75, 3.05) is 11.4 Å². The minimum Gasteiger partial charge on any atom is -0.369 e. The standard InChI is InChI=1S/C18H27N3/c1-3-15-7-5-10-18(11-9-15)13-20-17(19)21(18)16-8-4-6-14(2)12-16/h4,6,8,12,15H,3,5,7,9-11,13H2,1-2H3,(H2,19,20).